The first-order valence-electron chi connectivity index (χ1n) is 8.65. The maximum Gasteiger partial charge on any atom is 0.342 e. The third-order valence-corrected chi connectivity index (χ3v) is 4.65. The standard InChI is InChI=1S/C21H17NO7/c1-25-14-5-4-12(17(20(14)26-2)21(24)27-3)19(23)18-13-9-16-15(28-10-29-16)8-11(13)6-7-22-18/h4-9H,10H2,1-3H3. The maximum absolute atomic E-state index is 13.4. The van der Waals surface area contributed by atoms with Crippen molar-refractivity contribution in [2.45, 2.75) is 0 Å². The Labute approximate surface area is 165 Å². The summed E-state index contributed by atoms with van der Waals surface area (Å²) < 4.78 is 26.3. The van der Waals surface area contributed by atoms with Gasteiger partial charge in [0.05, 0.1) is 21.3 Å². The quantitative estimate of drug-likeness (QED) is 0.481. The van der Waals surface area contributed by atoms with Crippen LogP contribution in [0.2, 0.25) is 0 Å². The Bertz CT molecular complexity index is 1140. The molecule has 8 nitrogen and oxygen atoms in total. The highest BCUT2D eigenvalue weighted by molar-refractivity contribution is 6.19. The number of hydrogen-bond donors (Lipinski definition) is 0. The van der Waals surface area contributed by atoms with Crippen LogP contribution in [0.5, 0.6) is 23.0 Å². The summed E-state index contributed by atoms with van der Waals surface area (Å²) in [4.78, 5) is 30.2. The van der Waals surface area contributed by atoms with E-state index in [0.717, 1.165) is 5.39 Å². The van der Waals surface area contributed by atoms with Crippen LogP contribution >= 0.6 is 0 Å². The molecule has 1 aliphatic heterocycles. The van der Waals surface area contributed by atoms with Crippen molar-refractivity contribution < 1.29 is 33.3 Å². The molecule has 4 rings (SSSR count). The zero-order chi connectivity index (χ0) is 20.5. The van der Waals surface area contributed by atoms with Gasteiger partial charge in [-0.05, 0) is 35.7 Å². The van der Waals surface area contributed by atoms with Crippen LogP contribution in [0.15, 0.2) is 36.5 Å². The number of methoxy groups -OCH3 is 3. The first-order chi connectivity index (χ1) is 14.1. The number of nitrogens with zero attached hydrogens (tertiary/aromatic N) is 1. The second-order valence-corrected chi connectivity index (χ2v) is 6.13. The van der Waals surface area contributed by atoms with Gasteiger partial charge in [0.1, 0.15) is 11.3 Å². The Morgan fingerprint density at radius 2 is 1.76 bits per heavy atom. The molecular weight excluding hydrogens is 378 g/mol. The lowest BCUT2D eigenvalue weighted by atomic mass is 9.97. The van der Waals surface area contributed by atoms with E-state index in [2.05, 4.69) is 4.98 Å². The molecule has 29 heavy (non-hydrogen) atoms. The van der Waals surface area contributed by atoms with E-state index in [9.17, 15) is 9.59 Å². The highest BCUT2D eigenvalue weighted by atomic mass is 16.7. The van der Waals surface area contributed by atoms with Gasteiger partial charge in [-0.15, -0.1) is 0 Å². The van der Waals surface area contributed by atoms with Crippen LogP contribution in [-0.2, 0) is 4.74 Å². The third kappa shape index (κ3) is 2.98. The van der Waals surface area contributed by atoms with Crippen molar-refractivity contribution in [1.29, 1.82) is 0 Å². The number of pyridine rings is 1. The van der Waals surface area contributed by atoms with Crippen LogP contribution in [0.1, 0.15) is 26.4 Å². The summed E-state index contributed by atoms with van der Waals surface area (Å²) in [6, 6.07) is 8.30. The molecule has 148 valence electrons. The number of carbonyl (C=O) groups is 2. The average Bonchev–Trinajstić information content (AvgIpc) is 3.22. The molecule has 1 aliphatic rings. The van der Waals surface area contributed by atoms with E-state index in [0.29, 0.717) is 22.6 Å². The summed E-state index contributed by atoms with van der Waals surface area (Å²) in [7, 11) is 4.05. The fourth-order valence-corrected chi connectivity index (χ4v) is 3.29. The third-order valence-electron chi connectivity index (χ3n) is 4.65. The zero-order valence-electron chi connectivity index (χ0n) is 16.0. The second kappa shape index (κ2) is 7.31. The minimum absolute atomic E-state index is 0.0288. The minimum atomic E-state index is -0.720. The van der Waals surface area contributed by atoms with Crippen LogP contribution in [0.25, 0.3) is 10.8 Å². The van der Waals surface area contributed by atoms with E-state index >= 15 is 0 Å². The molecule has 0 saturated carbocycles. The molecule has 0 aliphatic carbocycles. The maximum atomic E-state index is 13.4. The average molecular weight is 395 g/mol. The van der Waals surface area contributed by atoms with Crippen molar-refractivity contribution >= 4 is 22.5 Å². The first-order valence-corrected chi connectivity index (χ1v) is 8.65. The van der Waals surface area contributed by atoms with Crippen molar-refractivity contribution in [3.63, 3.8) is 0 Å². The number of fused-ring (bicyclic) bond motifs is 2. The van der Waals surface area contributed by atoms with Crippen LogP contribution < -0.4 is 18.9 Å². The fourth-order valence-electron chi connectivity index (χ4n) is 3.29. The Morgan fingerprint density at radius 3 is 2.45 bits per heavy atom. The van der Waals surface area contributed by atoms with Gasteiger partial charge in [-0.25, -0.2) is 4.79 Å². The lowest BCUT2D eigenvalue weighted by molar-refractivity contribution is 0.0593. The molecule has 8 heteroatoms. The SMILES string of the molecule is COC(=O)c1c(C(=O)c2nccc3cc4c(cc23)OCO4)ccc(OC)c1OC. The van der Waals surface area contributed by atoms with E-state index in [1.807, 2.05) is 0 Å². The monoisotopic (exact) mass is 395 g/mol. The summed E-state index contributed by atoms with van der Waals surface area (Å²) in [6.45, 7) is 0.116. The molecule has 0 amide bonds. The number of aromatic nitrogens is 1. The molecule has 1 aromatic heterocycles. The summed E-state index contributed by atoms with van der Waals surface area (Å²) in [5.41, 5.74) is 0.226. The predicted octanol–water partition coefficient (Wildman–Crippen LogP) is 3.00. The Hall–Kier alpha value is -3.81. The number of rotatable bonds is 5. The lowest BCUT2D eigenvalue weighted by Crippen LogP contribution is -2.15. The van der Waals surface area contributed by atoms with E-state index in [1.165, 1.54) is 33.6 Å². The van der Waals surface area contributed by atoms with Gasteiger partial charge in [0.15, 0.2) is 23.0 Å². The van der Waals surface area contributed by atoms with Crippen molar-refractivity contribution in [2.24, 2.45) is 0 Å². The summed E-state index contributed by atoms with van der Waals surface area (Å²) in [5, 5.41) is 1.33. The molecule has 0 spiro atoms. The number of ketones is 1. The molecule has 0 saturated heterocycles. The van der Waals surface area contributed by atoms with E-state index in [1.54, 1.807) is 24.3 Å². The van der Waals surface area contributed by atoms with E-state index in [4.69, 9.17) is 23.7 Å². The summed E-state index contributed by atoms with van der Waals surface area (Å²) >= 11 is 0. The molecule has 0 atom stereocenters. The molecule has 0 N–H and O–H groups in total. The van der Waals surface area contributed by atoms with Crippen LogP contribution in [-0.4, -0.2) is 44.9 Å². The highest BCUT2D eigenvalue weighted by Gasteiger charge is 2.28. The Balaban J connectivity index is 1.92. The Kier molecular flexibility index (Phi) is 4.67. The number of esters is 1. The molecular formula is C21H17NO7. The molecule has 0 fully saturated rings. The van der Waals surface area contributed by atoms with Crippen molar-refractivity contribution in [1.82, 2.24) is 4.98 Å². The van der Waals surface area contributed by atoms with Gasteiger partial charge in [0.2, 0.25) is 12.6 Å². The fraction of sp³-hybridized carbons (Fsp3) is 0.190. The van der Waals surface area contributed by atoms with Crippen LogP contribution in [0, 0.1) is 0 Å². The van der Waals surface area contributed by atoms with Gasteiger partial charge in [-0.3, -0.25) is 9.78 Å². The first kappa shape index (κ1) is 18.5. The number of hydrogen-bond acceptors (Lipinski definition) is 8. The number of benzene rings is 2. The van der Waals surface area contributed by atoms with E-state index < -0.39 is 11.8 Å². The second-order valence-electron chi connectivity index (χ2n) is 6.13. The largest absolute Gasteiger partial charge is 0.493 e. The van der Waals surface area contributed by atoms with Crippen LogP contribution in [0.4, 0.5) is 0 Å². The lowest BCUT2D eigenvalue weighted by Gasteiger charge is -2.15. The van der Waals surface area contributed by atoms with Crippen molar-refractivity contribution in [3.8, 4) is 23.0 Å². The number of carbonyl (C=O) groups excluding carboxylic acids is 2. The van der Waals surface area contributed by atoms with Gasteiger partial charge in [0, 0.05) is 17.1 Å². The highest BCUT2D eigenvalue weighted by Crippen LogP contribution is 2.38. The molecule has 0 unspecified atom stereocenters. The van der Waals surface area contributed by atoms with Gasteiger partial charge >= 0.3 is 5.97 Å². The normalized spacial score (nSPS) is 12.0. The molecule has 0 radical (unpaired) electrons. The smallest absolute Gasteiger partial charge is 0.342 e. The number of ether oxygens (including phenoxy) is 5. The van der Waals surface area contributed by atoms with E-state index in [-0.39, 0.29) is 29.4 Å². The van der Waals surface area contributed by atoms with Crippen LogP contribution in [0.3, 0.4) is 0 Å². The zero-order valence-corrected chi connectivity index (χ0v) is 16.0. The predicted molar refractivity (Wildman–Crippen MR) is 102 cm³/mol. The molecule has 0 bridgehead atoms. The van der Waals surface area contributed by atoms with Gasteiger partial charge in [-0.2, -0.15) is 0 Å². The van der Waals surface area contributed by atoms with Gasteiger partial charge in [-0.1, -0.05) is 0 Å². The van der Waals surface area contributed by atoms with Gasteiger partial charge in [0.25, 0.3) is 0 Å². The molecule has 2 heterocycles. The molecule has 3 aromatic rings. The van der Waals surface area contributed by atoms with Crippen molar-refractivity contribution in [3.05, 3.63) is 53.3 Å². The minimum Gasteiger partial charge on any atom is -0.493 e. The van der Waals surface area contributed by atoms with Crippen molar-refractivity contribution in [2.75, 3.05) is 28.1 Å². The van der Waals surface area contributed by atoms with Gasteiger partial charge < -0.3 is 23.7 Å². The topological polar surface area (TPSA) is 93.2 Å². The molecule has 2 aromatic carbocycles. The summed E-state index contributed by atoms with van der Waals surface area (Å²) in [5.74, 6) is 0.364. The summed E-state index contributed by atoms with van der Waals surface area (Å²) in [6.07, 6.45) is 1.52. The Morgan fingerprint density at radius 1 is 1.00 bits per heavy atom.